The lowest BCUT2D eigenvalue weighted by Gasteiger charge is -2.12. The highest BCUT2D eigenvalue weighted by atomic mass is 19.1. The number of aliphatic carboxylic acids is 2. The molecule has 0 saturated carbocycles. The van der Waals surface area contributed by atoms with E-state index in [0.29, 0.717) is 0 Å². The first-order valence-electron chi connectivity index (χ1n) is 4.83. The van der Waals surface area contributed by atoms with Crippen LogP contribution in [0.1, 0.15) is 23.7 Å². The summed E-state index contributed by atoms with van der Waals surface area (Å²) < 4.78 is 13.4. The molecule has 0 heterocycles. The van der Waals surface area contributed by atoms with Crippen LogP contribution in [0.3, 0.4) is 0 Å². The Kier molecular flexibility index (Phi) is 4.17. The van der Waals surface area contributed by atoms with E-state index in [-0.39, 0.29) is 24.0 Å². The van der Waals surface area contributed by atoms with E-state index in [1.165, 1.54) is 12.1 Å². The fraction of sp³-hybridized carbons (Fsp3) is 0.273. The van der Waals surface area contributed by atoms with Crippen molar-refractivity contribution in [3.63, 3.8) is 0 Å². The summed E-state index contributed by atoms with van der Waals surface area (Å²) in [7, 11) is 0. The van der Waals surface area contributed by atoms with Crippen LogP contribution in [-0.4, -0.2) is 27.3 Å². The minimum atomic E-state index is -1.85. The molecule has 1 rings (SSSR count). The van der Waals surface area contributed by atoms with Gasteiger partial charge in [-0.15, -0.1) is 0 Å². The quantitative estimate of drug-likeness (QED) is 0.714. The lowest BCUT2D eigenvalue weighted by Crippen LogP contribution is -2.14. The van der Waals surface area contributed by atoms with Crippen molar-refractivity contribution in [2.45, 2.75) is 18.9 Å². The van der Waals surface area contributed by atoms with E-state index in [9.17, 15) is 19.1 Å². The van der Waals surface area contributed by atoms with Gasteiger partial charge in [-0.2, -0.15) is 0 Å². The van der Waals surface area contributed by atoms with Crippen molar-refractivity contribution >= 4 is 11.9 Å². The summed E-state index contributed by atoms with van der Waals surface area (Å²) in [6, 6.07) is 3.62. The summed E-state index contributed by atoms with van der Waals surface area (Å²) in [4.78, 5) is 21.0. The predicted molar refractivity (Wildman–Crippen MR) is 55.0 cm³/mol. The molecule has 3 N–H and O–H groups in total. The van der Waals surface area contributed by atoms with Gasteiger partial charge in [0.25, 0.3) is 0 Å². The van der Waals surface area contributed by atoms with Crippen molar-refractivity contribution in [3.8, 4) is 0 Å². The van der Waals surface area contributed by atoms with Gasteiger partial charge in [0.15, 0.2) is 6.10 Å². The van der Waals surface area contributed by atoms with Gasteiger partial charge in [-0.25, -0.2) is 9.18 Å². The van der Waals surface area contributed by atoms with Crippen LogP contribution in [0, 0.1) is 5.82 Å². The summed E-state index contributed by atoms with van der Waals surface area (Å²) in [5.41, 5.74) is -0.191. The van der Waals surface area contributed by atoms with Crippen molar-refractivity contribution in [2.24, 2.45) is 0 Å². The number of rotatable bonds is 5. The first-order valence-corrected chi connectivity index (χ1v) is 4.83. The summed E-state index contributed by atoms with van der Waals surface area (Å²) in [6.45, 7) is 0. The van der Waals surface area contributed by atoms with Gasteiger partial charge in [0.05, 0.1) is 0 Å². The Bertz CT molecular complexity index is 443. The van der Waals surface area contributed by atoms with Crippen LogP contribution in [0.5, 0.6) is 0 Å². The molecule has 1 unspecified atom stereocenters. The molecule has 0 spiro atoms. The van der Waals surface area contributed by atoms with Crippen molar-refractivity contribution in [2.75, 3.05) is 0 Å². The molecule has 1 aromatic rings. The first kappa shape index (κ1) is 13.1. The number of aliphatic hydroxyl groups excluding tert-OH is 1. The Balaban J connectivity index is 3.07. The molecule has 1 atom stereocenters. The van der Waals surface area contributed by atoms with Crippen LogP contribution in [0.2, 0.25) is 0 Å². The summed E-state index contributed by atoms with van der Waals surface area (Å²) in [5.74, 6) is -3.35. The predicted octanol–water partition coefficient (Wildman–Crippen LogP) is 0.961. The normalized spacial score (nSPS) is 12.1. The topological polar surface area (TPSA) is 94.8 Å². The molecule has 0 aliphatic carbocycles. The zero-order valence-electron chi connectivity index (χ0n) is 8.76. The van der Waals surface area contributed by atoms with E-state index >= 15 is 0 Å². The Hall–Kier alpha value is -1.95. The monoisotopic (exact) mass is 242 g/mol. The third-order valence-electron chi connectivity index (χ3n) is 2.27. The van der Waals surface area contributed by atoms with E-state index in [2.05, 4.69) is 0 Å². The van der Waals surface area contributed by atoms with Crippen LogP contribution in [-0.2, 0) is 16.0 Å². The summed E-state index contributed by atoms with van der Waals surface area (Å²) >= 11 is 0. The average molecular weight is 242 g/mol. The second kappa shape index (κ2) is 5.40. The molecule has 0 radical (unpaired) electrons. The number of aliphatic hydroxyl groups is 1. The van der Waals surface area contributed by atoms with Crippen LogP contribution >= 0.6 is 0 Å². The summed E-state index contributed by atoms with van der Waals surface area (Å²) in [5, 5.41) is 26.5. The van der Waals surface area contributed by atoms with Gasteiger partial charge in [-0.05, 0) is 23.6 Å². The molecule has 0 aliphatic rings. The Morgan fingerprint density at radius 2 is 1.94 bits per heavy atom. The highest BCUT2D eigenvalue weighted by Gasteiger charge is 2.21. The standard InChI is InChI=1S/C11H11FO5/c12-8-3-1-2-7(10(15)11(16)17)6(8)4-5-9(13)14/h1-3,10,15H,4-5H2,(H,13,14)(H,16,17). The van der Waals surface area contributed by atoms with Gasteiger partial charge in [0.2, 0.25) is 0 Å². The number of carbonyl (C=O) groups is 2. The largest absolute Gasteiger partial charge is 0.481 e. The van der Waals surface area contributed by atoms with E-state index in [1.807, 2.05) is 0 Å². The number of hydrogen-bond acceptors (Lipinski definition) is 3. The van der Waals surface area contributed by atoms with Crippen LogP contribution in [0.4, 0.5) is 4.39 Å². The second-order valence-corrected chi connectivity index (χ2v) is 3.44. The fourth-order valence-electron chi connectivity index (χ4n) is 1.46. The maximum Gasteiger partial charge on any atom is 0.337 e. The molecule has 17 heavy (non-hydrogen) atoms. The van der Waals surface area contributed by atoms with Gasteiger partial charge in [-0.3, -0.25) is 4.79 Å². The zero-order valence-corrected chi connectivity index (χ0v) is 8.76. The first-order chi connectivity index (χ1) is 7.93. The van der Waals surface area contributed by atoms with Crippen LogP contribution < -0.4 is 0 Å². The maximum absolute atomic E-state index is 13.4. The van der Waals surface area contributed by atoms with Crippen molar-refractivity contribution in [1.82, 2.24) is 0 Å². The molecule has 0 fully saturated rings. The molecular weight excluding hydrogens is 231 g/mol. The lowest BCUT2D eigenvalue weighted by molar-refractivity contribution is -0.147. The molecule has 0 aromatic heterocycles. The zero-order chi connectivity index (χ0) is 13.0. The van der Waals surface area contributed by atoms with E-state index in [4.69, 9.17) is 10.2 Å². The van der Waals surface area contributed by atoms with Gasteiger partial charge in [-0.1, -0.05) is 12.1 Å². The van der Waals surface area contributed by atoms with Crippen LogP contribution in [0.25, 0.3) is 0 Å². The SMILES string of the molecule is O=C(O)CCc1c(F)cccc1C(O)C(=O)O. The number of carboxylic acid groups (broad SMARTS) is 2. The van der Waals surface area contributed by atoms with Crippen molar-refractivity contribution < 1.29 is 29.3 Å². The molecule has 0 aliphatic heterocycles. The smallest absolute Gasteiger partial charge is 0.337 e. The van der Waals surface area contributed by atoms with E-state index < -0.39 is 23.9 Å². The number of hydrogen-bond donors (Lipinski definition) is 3. The molecular formula is C11H11FO5. The molecule has 0 amide bonds. The lowest BCUT2D eigenvalue weighted by atomic mass is 9.98. The Morgan fingerprint density at radius 1 is 1.29 bits per heavy atom. The molecule has 5 nitrogen and oxygen atoms in total. The highest BCUT2D eigenvalue weighted by molar-refractivity contribution is 5.75. The van der Waals surface area contributed by atoms with Gasteiger partial charge >= 0.3 is 11.9 Å². The number of halogens is 1. The molecule has 92 valence electrons. The molecule has 1 aromatic carbocycles. The molecule has 0 saturated heterocycles. The van der Waals surface area contributed by atoms with Gasteiger partial charge in [0.1, 0.15) is 5.82 Å². The highest BCUT2D eigenvalue weighted by Crippen LogP contribution is 2.22. The Morgan fingerprint density at radius 3 is 2.47 bits per heavy atom. The third kappa shape index (κ3) is 3.25. The minimum absolute atomic E-state index is 0.0789. The van der Waals surface area contributed by atoms with E-state index in [1.54, 1.807) is 0 Å². The Labute approximate surface area is 96.1 Å². The minimum Gasteiger partial charge on any atom is -0.481 e. The average Bonchev–Trinajstić information content (AvgIpc) is 2.25. The number of carboxylic acids is 2. The van der Waals surface area contributed by atoms with E-state index in [0.717, 1.165) is 6.07 Å². The second-order valence-electron chi connectivity index (χ2n) is 3.44. The van der Waals surface area contributed by atoms with Crippen molar-refractivity contribution in [3.05, 3.63) is 35.1 Å². The molecule has 0 bridgehead atoms. The maximum atomic E-state index is 13.4. The van der Waals surface area contributed by atoms with Crippen molar-refractivity contribution in [1.29, 1.82) is 0 Å². The van der Waals surface area contributed by atoms with Gasteiger partial charge in [0, 0.05) is 6.42 Å². The van der Waals surface area contributed by atoms with Gasteiger partial charge < -0.3 is 15.3 Å². The number of benzene rings is 1. The van der Waals surface area contributed by atoms with Crippen LogP contribution in [0.15, 0.2) is 18.2 Å². The summed E-state index contributed by atoms with van der Waals surface area (Å²) in [6.07, 6.45) is -2.35. The fourth-order valence-corrected chi connectivity index (χ4v) is 1.46. The molecule has 6 heteroatoms. The third-order valence-corrected chi connectivity index (χ3v) is 2.27.